The molecule has 0 aromatic rings. The standard InChI is InChI=1S/C12H19F3O5S/c1-5-8-6-9(20-21(17,18)12(13,14)15)10(7(8)2)19-11(3,4)16/h5,7-10,16H,1,6H2,2-4H3/t7-,8+,9+,10-/m1/s1. The smallest absolute Gasteiger partial charge is 0.366 e. The van der Waals surface area contributed by atoms with Crippen molar-refractivity contribution in [2.45, 2.75) is 50.7 Å². The number of rotatable bonds is 5. The lowest BCUT2D eigenvalue weighted by Crippen LogP contribution is -2.41. The second kappa shape index (κ2) is 5.86. The first-order valence-electron chi connectivity index (χ1n) is 6.31. The molecule has 0 spiro atoms. The summed E-state index contributed by atoms with van der Waals surface area (Å²) in [6.07, 6.45) is -0.804. The quantitative estimate of drug-likeness (QED) is 0.361. The predicted octanol–water partition coefficient (Wildman–Crippen LogP) is 2.18. The molecule has 0 heterocycles. The first-order valence-corrected chi connectivity index (χ1v) is 7.71. The summed E-state index contributed by atoms with van der Waals surface area (Å²) >= 11 is 0. The van der Waals surface area contributed by atoms with Crippen molar-refractivity contribution >= 4 is 10.1 Å². The Kier molecular flexibility index (Phi) is 5.14. The molecule has 9 heteroatoms. The van der Waals surface area contributed by atoms with E-state index in [4.69, 9.17) is 4.74 Å². The fraction of sp³-hybridized carbons (Fsp3) is 0.833. The van der Waals surface area contributed by atoms with Gasteiger partial charge in [0, 0.05) is 0 Å². The summed E-state index contributed by atoms with van der Waals surface area (Å²) in [5.74, 6) is -2.24. The summed E-state index contributed by atoms with van der Waals surface area (Å²) in [4.78, 5) is 0. The molecule has 1 saturated carbocycles. The zero-order valence-electron chi connectivity index (χ0n) is 11.9. The summed E-state index contributed by atoms with van der Waals surface area (Å²) < 4.78 is 69.0. The Hall–Kier alpha value is -0.640. The van der Waals surface area contributed by atoms with Gasteiger partial charge in [0.1, 0.15) is 6.10 Å². The van der Waals surface area contributed by atoms with Crippen LogP contribution in [0.5, 0.6) is 0 Å². The van der Waals surface area contributed by atoms with E-state index in [1.807, 2.05) is 0 Å². The van der Waals surface area contributed by atoms with Gasteiger partial charge in [0.15, 0.2) is 5.79 Å². The Morgan fingerprint density at radius 1 is 1.33 bits per heavy atom. The predicted molar refractivity (Wildman–Crippen MR) is 68.5 cm³/mol. The van der Waals surface area contributed by atoms with Crippen LogP contribution in [0.2, 0.25) is 0 Å². The second-order valence-electron chi connectivity index (χ2n) is 5.56. The lowest BCUT2D eigenvalue weighted by Gasteiger charge is -2.30. The molecule has 4 atom stereocenters. The number of halogens is 3. The van der Waals surface area contributed by atoms with E-state index in [2.05, 4.69) is 10.8 Å². The van der Waals surface area contributed by atoms with E-state index >= 15 is 0 Å². The molecule has 0 amide bonds. The highest BCUT2D eigenvalue weighted by Gasteiger charge is 2.52. The molecular formula is C12H19F3O5S. The van der Waals surface area contributed by atoms with Crippen LogP contribution in [0.1, 0.15) is 27.2 Å². The van der Waals surface area contributed by atoms with E-state index in [0.717, 1.165) is 0 Å². The molecule has 0 saturated heterocycles. The summed E-state index contributed by atoms with van der Waals surface area (Å²) in [5.41, 5.74) is -5.50. The van der Waals surface area contributed by atoms with Crippen LogP contribution in [0.4, 0.5) is 13.2 Å². The van der Waals surface area contributed by atoms with Gasteiger partial charge in [0.25, 0.3) is 0 Å². The summed E-state index contributed by atoms with van der Waals surface area (Å²) in [7, 11) is -5.72. The third-order valence-corrected chi connectivity index (χ3v) is 4.39. The fourth-order valence-electron chi connectivity index (χ4n) is 2.34. The Morgan fingerprint density at radius 2 is 1.86 bits per heavy atom. The number of allylic oxidation sites excluding steroid dienone is 1. The number of hydrogen-bond acceptors (Lipinski definition) is 5. The first kappa shape index (κ1) is 18.4. The second-order valence-corrected chi connectivity index (χ2v) is 7.12. The number of ether oxygens (including phenoxy) is 1. The molecule has 0 bridgehead atoms. The van der Waals surface area contributed by atoms with E-state index in [1.54, 1.807) is 6.92 Å². The van der Waals surface area contributed by atoms with Crippen molar-refractivity contribution in [2.75, 3.05) is 0 Å². The fourth-order valence-corrected chi connectivity index (χ4v) is 2.96. The largest absolute Gasteiger partial charge is 0.523 e. The van der Waals surface area contributed by atoms with Crippen molar-refractivity contribution in [3.8, 4) is 0 Å². The molecule has 0 aromatic heterocycles. The van der Waals surface area contributed by atoms with Gasteiger partial charge in [-0.05, 0) is 32.1 Å². The summed E-state index contributed by atoms with van der Waals surface area (Å²) in [5, 5.41) is 9.66. The number of aliphatic hydroxyl groups is 1. The normalized spacial score (nSPS) is 31.4. The van der Waals surface area contributed by atoms with Crippen LogP contribution >= 0.6 is 0 Å². The van der Waals surface area contributed by atoms with Crippen molar-refractivity contribution in [1.29, 1.82) is 0 Å². The summed E-state index contributed by atoms with van der Waals surface area (Å²) in [6, 6.07) is 0. The Balaban J connectivity index is 3.00. The minimum absolute atomic E-state index is 0.0146. The van der Waals surface area contributed by atoms with Crippen LogP contribution in [0.3, 0.4) is 0 Å². The molecule has 5 nitrogen and oxygen atoms in total. The van der Waals surface area contributed by atoms with Gasteiger partial charge in [-0.1, -0.05) is 13.0 Å². The maximum Gasteiger partial charge on any atom is 0.523 e. The van der Waals surface area contributed by atoms with Crippen molar-refractivity contribution in [3.05, 3.63) is 12.7 Å². The molecule has 21 heavy (non-hydrogen) atoms. The molecule has 1 N–H and O–H groups in total. The Labute approximate surface area is 121 Å². The van der Waals surface area contributed by atoms with Gasteiger partial charge in [-0.25, -0.2) is 0 Å². The van der Waals surface area contributed by atoms with Gasteiger partial charge in [0.2, 0.25) is 0 Å². The Bertz CT molecular complexity index is 480. The van der Waals surface area contributed by atoms with Crippen LogP contribution < -0.4 is 0 Å². The Morgan fingerprint density at radius 3 is 2.24 bits per heavy atom. The molecular weight excluding hydrogens is 313 g/mol. The third-order valence-electron chi connectivity index (χ3n) is 3.33. The minimum Gasteiger partial charge on any atom is -0.366 e. The zero-order chi connectivity index (χ0) is 16.6. The lowest BCUT2D eigenvalue weighted by molar-refractivity contribution is -0.225. The van der Waals surface area contributed by atoms with Crippen LogP contribution in [0.25, 0.3) is 0 Å². The first-order chi connectivity index (χ1) is 9.28. The number of alkyl halides is 3. The molecule has 0 radical (unpaired) electrons. The average molecular weight is 332 g/mol. The van der Waals surface area contributed by atoms with E-state index in [1.165, 1.54) is 19.9 Å². The minimum atomic E-state index is -5.72. The maximum absolute atomic E-state index is 12.4. The highest BCUT2D eigenvalue weighted by Crippen LogP contribution is 2.40. The van der Waals surface area contributed by atoms with Crippen molar-refractivity contribution in [2.24, 2.45) is 11.8 Å². The van der Waals surface area contributed by atoms with E-state index < -0.39 is 33.6 Å². The van der Waals surface area contributed by atoms with E-state index in [0.29, 0.717) is 0 Å². The van der Waals surface area contributed by atoms with Crippen molar-refractivity contribution < 1.29 is 35.6 Å². The van der Waals surface area contributed by atoms with Gasteiger partial charge in [-0.15, -0.1) is 6.58 Å². The van der Waals surface area contributed by atoms with Gasteiger partial charge >= 0.3 is 15.6 Å². The average Bonchev–Trinajstić information content (AvgIpc) is 2.53. The molecule has 1 aliphatic rings. The van der Waals surface area contributed by atoms with Gasteiger partial charge in [-0.2, -0.15) is 21.6 Å². The molecule has 1 rings (SSSR count). The SMILES string of the molecule is C=C[C@H]1C[C@H](OS(=O)(=O)C(F)(F)F)[C@H](OC(C)(C)O)[C@@H]1C. The van der Waals surface area contributed by atoms with Crippen LogP contribution in [-0.2, 0) is 19.0 Å². The lowest BCUT2D eigenvalue weighted by atomic mass is 9.97. The molecule has 0 aliphatic heterocycles. The van der Waals surface area contributed by atoms with Gasteiger partial charge < -0.3 is 9.84 Å². The highest BCUT2D eigenvalue weighted by molar-refractivity contribution is 7.87. The van der Waals surface area contributed by atoms with Crippen molar-refractivity contribution in [1.82, 2.24) is 0 Å². The van der Waals surface area contributed by atoms with Crippen LogP contribution in [0.15, 0.2) is 12.7 Å². The van der Waals surface area contributed by atoms with Crippen molar-refractivity contribution in [3.63, 3.8) is 0 Å². The highest BCUT2D eigenvalue weighted by atomic mass is 32.2. The monoisotopic (exact) mass is 332 g/mol. The molecule has 1 aliphatic carbocycles. The van der Waals surface area contributed by atoms with Gasteiger partial charge in [0.05, 0.1) is 6.10 Å². The molecule has 124 valence electrons. The number of hydrogen-bond donors (Lipinski definition) is 1. The topological polar surface area (TPSA) is 72.8 Å². The van der Waals surface area contributed by atoms with E-state index in [-0.39, 0.29) is 18.3 Å². The third kappa shape index (κ3) is 4.41. The van der Waals surface area contributed by atoms with Crippen LogP contribution in [0, 0.1) is 11.8 Å². The molecule has 0 unspecified atom stereocenters. The molecule has 1 fully saturated rings. The summed E-state index contributed by atoms with van der Waals surface area (Å²) in [6.45, 7) is 7.84. The van der Waals surface area contributed by atoms with Gasteiger partial charge in [-0.3, -0.25) is 4.18 Å². The molecule has 0 aromatic carbocycles. The zero-order valence-corrected chi connectivity index (χ0v) is 12.7. The van der Waals surface area contributed by atoms with E-state index in [9.17, 15) is 26.7 Å². The van der Waals surface area contributed by atoms with Crippen LogP contribution in [-0.4, -0.2) is 37.0 Å². The maximum atomic E-state index is 12.4.